The third-order valence-corrected chi connectivity index (χ3v) is 3.64. The molecular weight excluding hydrogens is 146 g/mol. The van der Waals surface area contributed by atoms with Crippen LogP contribution in [0.15, 0.2) is 0 Å². The number of rotatable bonds is 1. The summed E-state index contributed by atoms with van der Waals surface area (Å²) in [4.78, 5) is 0. The smallest absolute Gasteiger partial charge is 0.00466 e. The van der Waals surface area contributed by atoms with E-state index < -0.39 is 0 Å². The second-order valence-electron chi connectivity index (χ2n) is 5.32. The van der Waals surface area contributed by atoms with Gasteiger partial charge in [0.15, 0.2) is 0 Å². The van der Waals surface area contributed by atoms with E-state index in [1.807, 2.05) is 0 Å². The molecule has 0 aromatic heterocycles. The van der Waals surface area contributed by atoms with Gasteiger partial charge in [0, 0.05) is 6.04 Å². The zero-order valence-electron chi connectivity index (χ0n) is 8.93. The fraction of sp³-hybridized carbons (Fsp3) is 1.00. The topological polar surface area (TPSA) is 26.0 Å². The predicted molar refractivity (Wildman–Crippen MR) is 53.9 cm³/mol. The van der Waals surface area contributed by atoms with Gasteiger partial charge in [-0.1, -0.05) is 27.7 Å². The Bertz CT molecular complexity index is 141. The Labute approximate surface area is 76.7 Å². The van der Waals surface area contributed by atoms with Gasteiger partial charge in [0.05, 0.1) is 0 Å². The van der Waals surface area contributed by atoms with Crippen LogP contribution in [0.1, 0.15) is 47.0 Å². The molecule has 3 unspecified atom stereocenters. The summed E-state index contributed by atoms with van der Waals surface area (Å²) >= 11 is 0. The van der Waals surface area contributed by atoms with Gasteiger partial charge < -0.3 is 5.73 Å². The summed E-state index contributed by atoms with van der Waals surface area (Å²) in [6.07, 6.45) is 3.80. The SMILES string of the molecule is CC1CC(N)CC(C)(C(C)C)C1. The first-order chi connectivity index (χ1) is 5.44. The van der Waals surface area contributed by atoms with Crippen molar-refractivity contribution < 1.29 is 0 Å². The van der Waals surface area contributed by atoms with Gasteiger partial charge in [0.1, 0.15) is 0 Å². The van der Waals surface area contributed by atoms with Crippen molar-refractivity contribution in [2.45, 2.75) is 53.0 Å². The lowest BCUT2D eigenvalue weighted by Gasteiger charge is -2.43. The van der Waals surface area contributed by atoms with Gasteiger partial charge in [-0.2, -0.15) is 0 Å². The van der Waals surface area contributed by atoms with Crippen LogP contribution in [0.3, 0.4) is 0 Å². The molecule has 0 radical (unpaired) electrons. The Morgan fingerprint density at radius 1 is 1.33 bits per heavy atom. The maximum Gasteiger partial charge on any atom is 0.00466 e. The van der Waals surface area contributed by atoms with Crippen LogP contribution < -0.4 is 5.73 Å². The number of hydrogen-bond acceptors (Lipinski definition) is 1. The molecule has 3 atom stereocenters. The zero-order valence-corrected chi connectivity index (χ0v) is 8.93. The van der Waals surface area contributed by atoms with Gasteiger partial charge in [-0.05, 0) is 36.5 Å². The molecule has 0 heterocycles. The van der Waals surface area contributed by atoms with Crippen LogP contribution >= 0.6 is 0 Å². The fourth-order valence-corrected chi connectivity index (χ4v) is 2.63. The molecule has 72 valence electrons. The molecule has 1 fully saturated rings. The van der Waals surface area contributed by atoms with Crippen LogP contribution in [0.4, 0.5) is 0 Å². The van der Waals surface area contributed by atoms with Crippen molar-refractivity contribution in [2.24, 2.45) is 23.0 Å². The molecule has 12 heavy (non-hydrogen) atoms. The third kappa shape index (κ3) is 2.01. The Morgan fingerprint density at radius 2 is 1.92 bits per heavy atom. The monoisotopic (exact) mass is 169 g/mol. The lowest BCUT2D eigenvalue weighted by Crippen LogP contribution is -2.40. The molecule has 0 aromatic carbocycles. The van der Waals surface area contributed by atoms with Gasteiger partial charge in [-0.15, -0.1) is 0 Å². The van der Waals surface area contributed by atoms with E-state index >= 15 is 0 Å². The molecule has 0 amide bonds. The average Bonchev–Trinajstić information content (AvgIpc) is 1.82. The molecule has 0 bridgehead atoms. The molecule has 0 saturated heterocycles. The van der Waals surface area contributed by atoms with Gasteiger partial charge in [0.2, 0.25) is 0 Å². The molecule has 1 rings (SSSR count). The Balaban J connectivity index is 2.65. The normalized spacial score (nSPS) is 43.5. The maximum absolute atomic E-state index is 6.04. The summed E-state index contributed by atoms with van der Waals surface area (Å²) in [5, 5.41) is 0. The molecule has 1 saturated carbocycles. The summed E-state index contributed by atoms with van der Waals surface area (Å²) < 4.78 is 0. The predicted octanol–water partition coefficient (Wildman–Crippen LogP) is 2.80. The number of hydrogen-bond donors (Lipinski definition) is 1. The van der Waals surface area contributed by atoms with E-state index in [4.69, 9.17) is 5.73 Å². The molecule has 1 aliphatic carbocycles. The second-order valence-corrected chi connectivity index (χ2v) is 5.32. The van der Waals surface area contributed by atoms with Crippen LogP contribution in [0.2, 0.25) is 0 Å². The van der Waals surface area contributed by atoms with Crippen molar-refractivity contribution in [1.29, 1.82) is 0 Å². The minimum Gasteiger partial charge on any atom is -0.328 e. The molecule has 1 nitrogen and oxygen atoms in total. The van der Waals surface area contributed by atoms with Gasteiger partial charge in [-0.25, -0.2) is 0 Å². The highest BCUT2D eigenvalue weighted by Crippen LogP contribution is 2.43. The highest BCUT2D eigenvalue weighted by molar-refractivity contribution is 4.89. The largest absolute Gasteiger partial charge is 0.328 e. The molecule has 0 aromatic rings. The Kier molecular flexibility index (Phi) is 2.82. The van der Waals surface area contributed by atoms with Gasteiger partial charge >= 0.3 is 0 Å². The molecule has 1 aliphatic rings. The fourth-order valence-electron chi connectivity index (χ4n) is 2.63. The molecule has 2 N–H and O–H groups in total. The van der Waals surface area contributed by atoms with E-state index in [1.165, 1.54) is 19.3 Å². The summed E-state index contributed by atoms with van der Waals surface area (Å²) in [6.45, 7) is 9.38. The first-order valence-corrected chi connectivity index (χ1v) is 5.19. The van der Waals surface area contributed by atoms with Crippen molar-refractivity contribution in [3.05, 3.63) is 0 Å². The first kappa shape index (κ1) is 10.0. The number of nitrogens with two attached hydrogens (primary N) is 1. The molecule has 0 aliphatic heterocycles. The zero-order chi connectivity index (χ0) is 9.35. The Morgan fingerprint density at radius 3 is 2.33 bits per heavy atom. The lowest BCUT2D eigenvalue weighted by atomic mass is 9.64. The van der Waals surface area contributed by atoms with Crippen molar-refractivity contribution in [3.8, 4) is 0 Å². The summed E-state index contributed by atoms with van der Waals surface area (Å²) in [6, 6.07) is 0.446. The summed E-state index contributed by atoms with van der Waals surface area (Å²) in [5.74, 6) is 1.59. The van der Waals surface area contributed by atoms with Crippen LogP contribution in [0.25, 0.3) is 0 Å². The van der Waals surface area contributed by atoms with Gasteiger partial charge in [-0.3, -0.25) is 0 Å². The maximum atomic E-state index is 6.04. The van der Waals surface area contributed by atoms with Crippen molar-refractivity contribution in [2.75, 3.05) is 0 Å². The minimum absolute atomic E-state index is 0.446. The third-order valence-electron chi connectivity index (χ3n) is 3.64. The average molecular weight is 169 g/mol. The van der Waals surface area contributed by atoms with Crippen molar-refractivity contribution >= 4 is 0 Å². The van der Waals surface area contributed by atoms with E-state index in [0.29, 0.717) is 11.5 Å². The highest BCUT2D eigenvalue weighted by Gasteiger charge is 2.36. The highest BCUT2D eigenvalue weighted by atomic mass is 14.7. The van der Waals surface area contributed by atoms with Crippen LogP contribution in [-0.2, 0) is 0 Å². The van der Waals surface area contributed by atoms with E-state index in [0.717, 1.165) is 11.8 Å². The van der Waals surface area contributed by atoms with Gasteiger partial charge in [0.25, 0.3) is 0 Å². The quantitative estimate of drug-likeness (QED) is 0.642. The van der Waals surface area contributed by atoms with Crippen LogP contribution in [-0.4, -0.2) is 6.04 Å². The Hall–Kier alpha value is -0.0400. The van der Waals surface area contributed by atoms with E-state index in [9.17, 15) is 0 Å². The second kappa shape index (κ2) is 3.37. The van der Waals surface area contributed by atoms with E-state index in [1.54, 1.807) is 0 Å². The lowest BCUT2D eigenvalue weighted by molar-refractivity contribution is 0.0947. The molecular formula is C11H23N. The first-order valence-electron chi connectivity index (χ1n) is 5.19. The molecule has 1 heteroatoms. The standard InChI is InChI=1S/C11H23N/c1-8(2)11(4)6-9(3)5-10(12)7-11/h8-10H,5-7,12H2,1-4H3. The van der Waals surface area contributed by atoms with Crippen molar-refractivity contribution in [3.63, 3.8) is 0 Å². The van der Waals surface area contributed by atoms with Crippen LogP contribution in [0.5, 0.6) is 0 Å². The minimum atomic E-state index is 0.446. The summed E-state index contributed by atoms with van der Waals surface area (Å²) in [7, 11) is 0. The van der Waals surface area contributed by atoms with E-state index in [-0.39, 0.29) is 0 Å². The molecule has 0 spiro atoms. The van der Waals surface area contributed by atoms with Crippen LogP contribution in [0, 0.1) is 17.3 Å². The van der Waals surface area contributed by atoms with Crippen molar-refractivity contribution in [1.82, 2.24) is 0 Å². The summed E-state index contributed by atoms with van der Waals surface area (Å²) in [5.41, 5.74) is 6.54. The van der Waals surface area contributed by atoms with E-state index in [2.05, 4.69) is 27.7 Å².